The van der Waals surface area contributed by atoms with Crippen LogP contribution < -0.4 is 20.3 Å². The van der Waals surface area contributed by atoms with Gasteiger partial charge in [-0.15, -0.1) is 0 Å². The van der Waals surface area contributed by atoms with Crippen LogP contribution in [0.4, 0.5) is 11.6 Å². The molecule has 1 heterocycles. The van der Waals surface area contributed by atoms with E-state index in [9.17, 15) is 4.79 Å². The SMILES string of the molecule is COc1ccc(CC(=O)NCCNc2cc(N(C)C)nc(C)n2)cc1. The van der Waals surface area contributed by atoms with E-state index in [4.69, 9.17) is 4.74 Å². The molecule has 0 aliphatic rings. The summed E-state index contributed by atoms with van der Waals surface area (Å²) in [6.45, 7) is 2.97. The average molecular weight is 343 g/mol. The molecule has 0 bridgehead atoms. The second-order valence-corrected chi connectivity index (χ2v) is 5.85. The monoisotopic (exact) mass is 343 g/mol. The molecule has 0 aliphatic carbocycles. The Balaban J connectivity index is 1.76. The quantitative estimate of drug-likeness (QED) is 0.709. The van der Waals surface area contributed by atoms with Crippen LogP contribution in [-0.4, -0.2) is 50.2 Å². The molecule has 0 unspecified atom stereocenters. The van der Waals surface area contributed by atoms with Crippen molar-refractivity contribution >= 4 is 17.5 Å². The van der Waals surface area contributed by atoms with Crippen molar-refractivity contribution in [2.45, 2.75) is 13.3 Å². The largest absolute Gasteiger partial charge is 0.497 e. The van der Waals surface area contributed by atoms with E-state index in [-0.39, 0.29) is 5.91 Å². The first-order valence-corrected chi connectivity index (χ1v) is 8.14. The van der Waals surface area contributed by atoms with Crippen LogP contribution in [-0.2, 0) is 11.2 Å². The van der Waals surface area contributed by atoms with Gasteiger partial charge >= 0.3 is 0 Å². The summed E-state index contributed by atoms with van der Waals surface area (Å²) in [7, 11) is 5.49. The van der Waals surface area contributed by atoms with E-state index in [0.717, 1.165) is 22.9 Å². The van der Waals surface area contributed by atoms with Gasteiger partial charge in [0.25, 0.3) is 0 Å². The van der Waals surface area contributed by atoms with Gasteiger partial charge in [-0.1, -0.05) is 12.1 Å². The number of carbonyl (C=O) groups excluding carboxylic acids is 1. The summed E-state index contributed by atoms with van der Waals surface area (Å²) in [6, 6.07) is 9.37. The van der Waals surface area contributed by atoms with Crippen LogP contribution in [0.25, 0.3) is 0 Å². The summed E-state index contributed by atoms with van der Waals surface area (Å²) >= 11 is 0. The zero-order valence-corrected chi connectivity index (χ0v) is 15.2. The molecule has 0 atom stereocenters. The predicted molar refractivity (Wildman–Crippen MR) is 99.3 cm³/mol. The van der Waals surface area contributed by atoms with Crippen LogP contribution in [0, 0.1) is 6.92 Å². The summed E-state index contributed by atoms with van der Waals surface area (Å²) in [5, 5.41) is 6.10. The van der Waals surface area contributed by atoms with Gasteiger partial charge in [0.2, 0.25) is 5.91 Å². The Morgan fingerprint density at radius 2 is 1.88 bits per heavy atom. The zero-order chi connectivity index (χ0) is 18.2. The Labute approximate surface area is 148 Å². The van der Waals surface area contributed by atoms with Gasteiger partial charge in [0, 0.05) is 33.3 Å². The number of hydrogen-bond acceptors (Lipinski definition) is 6. The molecule has 0 saturated carbocycles. The van der Waals surface area contributed by atoms with Crippen molar-refractivity contribution in [3.05, 3.63) is 41.7 Å². The molecule has 1 aromatic heterocycles. The molecule has 1 aromatic carbocycles. The number of nitrogens with zero attached hydrogens (tertiary/aromatic N) is 3. The fourth-order valence-electron chi connectivity index (χ4n) is 2.26. The predicted octanol–water partition coefficient (Wildman–Crippen LogP) is 1.63. The maximum Gasteiger partial charge on any atom is 0.224 e. The van der Waals surface area contributed by atoms with Gasteiger partial charge in [-0.2, -0.15) is 0 Å². The van der Waals surface area contributed by atoms with E-state index in [1.165, 1.54) is 0 Å². The molecule has 7 nitrogen and oxygen atoms in total. The highest BCUT2D eigenvalue weighted by Gasteiger charge is 2.05. The molecule has 0 radical (unpaired) electrons. The maximum absolute atomic E-state index is 12.0. The first-order valence-electron chi connectivity index (χ1n) is 8.14. The van der Waals surface area contributed by atoms with Crippen molar-refractivity contribution in [1.29, 1.82) is 0 Å². The summed E-state index contributed by atoms with van der Waals surface area (Å²) in [4.78, 5) is 22.6. The summed E-state index contributed by atoms with van der Waals surface area (Å²) < 4.78 is 5.10. The Hall–Kier alpha value is -2.83. The number of methoxy groups -OCH3 is 1. The number of ether oxygens (including phenoxy) is 1. The summed E-state index contributed by atoms with van der Waals surface area (Å²) in [5.41, 5.74) is 0.952. The van der Waals surface area contributed by atoms with Gasteiger partial charge in [0.05, 0.1) is 13.5 Å². The Bertz CT molecular complexity index is 701. The zero-order valence-electron chi connectivity index (χ0n) is 15.2. The first kappa shape index (κ1) is 18.5. The van der Waals surface area contributed by atoms with Crippen LogP contribution in [0.2, 0.25) is 0 Å². The van der Waals surface area contributed by atoms with Crippen LogP contribution in [0.15, 0.2) is 30.3 Å². The standard InChI is InChI=1S/C18H25N5O2/c1-13-21-16(12-17(22-13)23(2)3)19-9-10-20-18(24)11-14-5-7-15(25-4)8-6-14/h5-8,12H,9-11H2,1-4H3,(H,20,24)(H,19,21,22). The fraction of sp³-hybridized carbons (Fsp3) is 0.389. The molecule has 2 N–H and O–H groups in total. The van der Waals surface area contributed by atoms with Crippen molar-refractivity contribution in [3.63, 3.8) is 0 Å². The van der Waals surface area contributed by atoms with Crippen molar-refractivity contribution in [2.75, 3.05) is 44.5 Å². The second kappa shape index (κ2) is 8.86. The highest BCUT2D eigenvalue weighted by atomic mass is 16.5. The molecule has 0 saturated heterocycles. The van der Waals surface area contributed by atoms with Gasteiger partial charge in [0.15, 0.2) is 0 Å². The lowest BCUT2D eigenvalue weighted by Crippen LogP contribution is -2.30. The van der Waals surface area contributed by atoms with Crippen LogP contribution in [0.5, 0.6) is 5.75 Å². The first-order chi connectivity index (χ1) is 12.0. The number of hydrogen-bond donors (Lipinski definition) is 2. The van der Waals surface area contributed by atoms with E-state index in [0.29, 0.717) is 25.3 Å². The smallest absolute Gasteiger partial charge is 0.224 e. The average Bonchev–Trinajstić information content (AvgIpc) is 2.59. The van der Waals surface area contributed by atoms with E-state index < -0.39 is 0 Å². The third-order valence-electron chi connectivity index (χ3n) is 3.56. The van der Waals surface area contributed by atoms with E-state index in [1.54, 1.807) is 7.11 Å². The Morgan fingerprint density at radius 1 is 1.16 bits per heavy atom. The van der Waals surface area contributed by atoms with Gasteiger partial charge in [-0.3, -0.25) is 4.79 Å². The minimum Gasteiger partial charge on any atom is -0.497 e. The molecule has 25 heavy (non-hydrogen) atoms. The van der Waals surface area contributed by atoms with Crippen LogP contribution in [0.3, 0.4) is 0 Å². The summed E-state index contributed by atoms with van der Waals surface area (Å²) in [5.74, 6) is 3.07. The third kappa shape index (κ3) is 5.95. The van der Waals surface area contributed by atoms with E-state index >= 15 is 0 Å². The molecular weight excluding hydrogens is 318 g/mol. The number of benzene rings is 1. The molecular formula is C18H25N5O2. The van der Waals surface area contributed by atoms with E-state index in [1.807, 2.05) is 56.3 Å². The lowest BCUT2D eigenvalue weighted by molar-refractivity contribution is -0.120. The van der Waals surface area contributed by atoms with E-state index in [2.05, 4.69) is 20.6 Å². The molecule has 2 rings (SSSR count). The molecule has 0 aliphatic heterocycles. The van der Waals surface area contributed by atoms with Gasteiger partial charge in [-0.05, 0) is 24.6 Å². The molecule has 134 valence electrons. The van der Waals surface area contributed by atoms with Gasteiger partial charge in [-0.25, -0.2) is 9.97 Å². The number of rotatable bonds is 8. The normalized spacial score (nSPS) is 10.2. The highest BCUT2D eigenvalue weighted by Crippen LogP contribution is 2.13. The molecule has 1 amide bonds. The molecule has 0 fully saturated rings. The van der Waals surface area contributed by atoms with Gasteiger partial charge in [0.1, 0.15) is 23.2 Å². The van der Waals surface area contributed by atoms with Crippen molar-refractivity contribution in [2.24, 2.45) is 0 Å². The third-order valence-corrected chi connectivity index (χ3v) is 3.56. The molecule has 2 aromatic rings. The Morgan fingerprint density at radius 3 is 2.52 bits per heavy atom. The van der Waals surface area contributed by atoms with Crippen molar-refractivity contribution in [3.8, 4) is 5.75 Å². The molecule has 0 spiro atoms. The van der Waals surface area contributed by atoms with Gasteiger partial charge < -0.3 is 20.3 Å². The fourth-order valence-corrected chi connectivity index (χ4v) is 2.26. The number of carbonyl (C=O) groups is 1. The number of aromatic nitrogens is 2. The second-order valence-electron chi connectivity index (χ2n) is 5.85. The van der Waals surface area contributed by atoms with Crippen molar-refractivity contribution in [1.82, 2.24) is 15.3 Å². The topological polar surface area (TPSA) is 79.4 Å². The number of anilines is 2. The maximum atomic E-state index is 12.0. The number of amides is 1. The minimum atomic E-state index is -0.0141. The minimum absolute atomic E-state index is 0.0141. The number of aryl methyl sites for hydroxylation is 1. The van der Waals surface area contributed by atoms with Crippen molar-refractivity contribution < 1.29 is 9.53 Å². The lowest BCUT2D eigenvalue weighted by Gasteiger charge is -2.14. The van der Waals surface area contributed by atoms with Crippen LogP contribution >= 0.6 is 0 Å². The Kier molecular flexibility index (Phi) is 6.56. The molecule has 7 heteroatoms. The lowest BCUT2D eigenvalue weighted by atomic mass is 10.1. The number of nitrogens with one attached hydrogen (secondary N) is 2. The van der Waals surface area contributed by atoms with Crippen LogP contribution in [0.1, 0.15) is 11.4 Å². The summed E-state index contributed by atoms with van der Waals surface area (Å²) in [6.07, 6.45) is 0.349. The highest BCUT2D eigenvalue weighted by molar-refractivity contribution is 5.78.